The summed E-state index contributed by atoms with van der Waals surface area (Å²) in [5.74, 6) is -0.517. The fourth-order valence-corrected chi connectivity index (χ4v) is 1.03. The van der Waals surface area contributed by atoms with E-state index in [4.69, 9.17) is 5.11 Å². The van der Waals surface area contributed by atoms with Gasteiger partial charge in [0.05, 0.1) is 0 Å². The van der Waals surface area contributed by atoms with Crippen LogP contribution in [0.2, 0.25) is 0 Å². The van der Waals surface area contributed by atoms with Gasteiger partial charge in [0.1, 0.15) is 0 Å². The van der Waals surface area contributed by atoms with Crippen LogP contribution in [0.5, 0.6) is 0 Å². The summed E-state index contributed by atoms with van der Waals surface area (Å²) in [6, 6.07) is 0. The van der Waals surface area contributed by atoms with Crippen LogP contribution >= 0.6 is 0 Å². The van der Waals surface area contributed by atoms with Gasteiger partial charge in [0.2, 0.25) is 0 Å². The Morgan fingerprint density at radius 1 is 1.25 bits per heavy atom. The summed E-state index contributed by atoms with van der Waals surface area (Å²) >= 11 is 0. The van der Waals surface area contributed by atoms with Crippen molar-refractivity contribution < 1.29 is 9.90 Å². The van der Waals surface area contributed by atoms with Gasteiger partial charge in [-0.3, -0.25) is 4.79 Å². The third-order valence-corrected chi connectivity index (χ3v) is 1.83. The molecule has 0 aromatic rings. The largest absolute Gasteiger partial charge is 0.505 e. The summed E-state index contributed by atoms with van der Waals surface area (Å²) < 4.78 is 0. The lowest BCUT2D eigenvalue weighted by molar-refractivity contribution is -0.118. The zero-order valence-electron chi connectivity index (χ0n) is 7.81. The van der Waals surface area contributed by atoms with Gasteiger partial charge < -0.3 is 5.11 Å². The van der Waals surface area contributed by atoms with Crippen molar-refractivity contribution in [3.05, 3.63) is 12.3 Å². The van der Waals surface area contributed by atoms with Crippen molar-refractivity contribution in [1.82, 2.24) is 0 Å². The van der Waals surface area contributed by atoms with Crippen LogP contribution in [0.25, 0.3) is 0 Å². The summed E-state index contributed by atoms with van der Waals surface area (Å²) in [6.07, 6.45) is 6.01. The topological polar surface area (TPSA) is 37.3 Å². The molecule has 0 saturated heterocycles. The lowest BCUT2D eigenvalue weighted by Crippen LogP contribution is -1.99. The minimum Gasteiger partial charge on any atom is -0.505 e. The predicted molar refractivity (Wildman–Crippen MR) is 50.2 cm³/mol. The maximum atomic E-state index is 10.8. The number of ketones is 1. The first-order chi connectivity index (χ1) is 5.68. The van der Waals surface area contributed by atoms with Crippen LogP contribution in [0.1, 0.15) is 45.4 Å². The SMILES string of the molecule is C=C(O)C(=O)CCCCCCC. The summed E-state index contributed by atoms with van der Waals surface area (Å²) in [5, 5.41) is 8.68. The number of aliphatic hydroxyl groups is 1. The summed E-state index contributed by atoms with van der Waals surface area (Å²) in [6.45, 7) is 5.33. The Balaban J connectivity index is 3.20. The number of carbonyl (C=O) groups is 1. The Hall–Kier alpha value is -0.790. The summed E-state index contributed by atoms with van der Waals surface area (Å²) in [4.78, 5) is 10.8. The van der Waals surface area contributed by atoms with E-state index in [-0.39, 0.29) is 11.5 Å². The van der Waals surface area contributed by atoms with E-state index in [1.807, 2.05) is 0 Å². The number of Topliss-reactive ketones (excluding diaryl/α,β-unsaturated/α-hetero) is 1. The Kier molecular flexibility index (Phi) is 6.44. The first kappa shape index (κ1) is 11.2. The fraction of sp³-hybridized carbons (Fsp3) is 0.700. The minimum absolute atomic E-state index is 0.216. The van der Waals surface area contributed by atoms with E-state index >= 15 is 0 Å². The number of carbonyl (C=O) groups excluding carboxylic acids is 1. The molecule has 0 radical (unpaired) electrons. The highest BCUT2D eigenvalue weighted by Crippen LogP contribution is 2.06. The van der Waals surface area contributed by atoms with Crippen molar-refractivity contribution in [3.63, 3.8) is 0 Å². The van der Waals surface area contributed by atoms with Crippen molar-refractivity contribution in [2.24, 2.45) is 0 Å². The van der Waals surface area contributed by atoms with Crippen LogP contribution < -0.4 is 0 Å². The van der Waals surface area contributed by atoms with Crippen molar-refractivity contribution in [3.8, 4) is 0 Å². The third kappa shape index (κ3) is 5.96. The standard InChI is InChI=1S/C10H18O2/c1-3-4-5-6-7-8-10(12)9(2)11/h11H,2-8H2,1H3. The molecule has 0 saturated carbocycles. The molecule has 0 fully saturated rings. The number of hydrogen-bond acceptors (Lipinski definition) is 2. The number of allylic oxidation sites excluding steroid dienone is 1. The smallest absolute Gasteiger partial charge is 0.196 e. The molecule has 2 heteroatoms. The molecule has 0 aromatic carbocycles. The number of rotatable bonds is 7. The molecule has 0 rings (SSSR count). The molecule has 2 nitrogen and oxygen atoms in total. The van der Waals surface area contributed by atoms with Crippen LogP contribution in [0, 0.1) is 0 Å². The van der Waals surface area contributed by atoms with Crippen LogP contribution in [-0.4, -0.2) is 10.9 Å². The molecule has 0 bridgehead atoms. The van der Waals surface area contributed by atoms with E-state index in [0.29, 0.717) is 6.42 Å². The maximum absolute atomic E-state index is 10.8. The average Bonchev–Trinajstić information content (AvgIpc) is 2.03. The quantitative estimate of drug-likeness (QED) is 0.362. The predicted octanol–water partition coefficient (Wildman–Crippen LogP) is 2.99. The Bertz CT molecular complexity index is 150. The van der Waals surface area contributed by atoms with E-state index in [9.17, 15) is 4.79 Å². The lowest BCUT2D eigenvalue weighted by Gasteiger charge is -1.98. The van der Waals surface area contributed by atoms with Gasteiger partial charge in [0, 0.05) is 6.42 Å². The molecule has 0 amide bonds. The molecular formula is C10H18O2. The van der Waals surface area contributed by atoms with Crippen LogP contribution in [0.3, 0.4) is 0 Å². The normalized spacial score (nSPS) is 9.75. The van der Waals surface area contributed by atoms with Crippen LogP contribution in [-0.2, 0) is 4.79 Å². The Morgan fingerprint density at radius 2 is 1.83 bits per heavy atom. The highest BCUT2D eigenvalue weighted by atomic mass is 16.3. The van der Waals surface area contributed by atoms with E-state index in [1.165, 1.54) is 19.3 Å². The second-order valence-corrected chi connectivity index (χ2v) is 3.03. The molecule has 1 N–H and O–H groups in total. The summed E-state index contributed by atoms with van der Waals surface area (Å²) in [7, 11) is 0. The monoisotopic (exact) mass is 170 g/mol. The second kappa shape index (κ2) is 6.89. The van der Waals surface area contributed by atoms with Crippen molar-refractivity contribution in [2.45, 2.75) is 45.4 Å². The van der Waals surface area contributed by atoms with E-state index in [2.05, 4.69) is 13.5 Å². The highest BCUT2D eigenvalue weighted by molar-refractivity contribution is 5.92. The lowest BCUT2D eigenvalue weighted by atomic mass is 10.1. The van der Waals surface area contributed by atoms with Crippen molar-refractivity contribution >= 4 is 5.78 Å². The average molecular weight is 170 g/mol. The van der Waals surface area contributed by atoms with Gasteiger partial charge in [0.15, 0.2) is 11.5 Å². The van der Waals surface area contributed by atoms with Gasteiger partial charge in [-0.15, -0.1) is 0 Å². The number of unbranched alkanes of at least 4 members (excludes halogenated alkanes) is 4. The Morgan fingerprint density at radius 3 is 2.33 bits per heavy atom. The third-order valence-electron chi connectivity index (χ3n) is 1.83. The molecule has 0 spiro atoms. The first-order valence-corrected chi connectivity index (χ1v) is 4.59. The molecule has 0 atom stereocenters. The van der Waals surface area contributed by atoms with E-state index in [0.717, 1.165) is 12.8 Å². The Labute approximate surface area is 74.3 Å². The molecule has 0 aliphatic carbocycles. The maximum Gasteiger partial charge on any atom is 0.196 e. The molecule has 12 heavy (non-hydrogen) atoms. The van der Waals surface area contributed by atoms with Crippen molar-refractivity contribution in [1.29, 1.82) is 0 Å². The second-order valence-electron chi connectivity index (χ2n) is 3.03. The zero-order chi connectivity index (χ0) is 9.40. The van der Waals surface area contributed by atoms with Crippen LogP contribution in [0.15, 0.2) is 12.3 Å². The van der Waals surface area contributed by atoms with Crippen molar-refractivity contribution in [2.75, 3.05) is 0 Å². The van der Waals surface area contributed by atoms with Gasteiger partial charge >= 0.3 is 0 Å². The van der Waals surface area contributed by atoms with Gasteiger partial charge in [-0.2, -0.15) is 0 Å². The molecule has 0 aliphatic heterocycles. The van der Waals surface area contributed by atoms with Crippen LogP contribution in [0.4, 0.5) is 0 Å². The molecule has 70 valence electrons. The van der Waals surface area contributed by atoms with Gasteiger partial charge in [-0.25, -0.2) is 0 Å². The number of aliphatic hydroxyl groups excluding tert-OH is 1. The minimum atomic E-state index is -0.300. The van der Waals surface area contributed by atoms with Gasteiger partial charge in [-0.1, -0.05) is 39.2 Å². The highest BCUT2D eigenvalue weighted by Gasteiger charge is 2.03. The van der Waals surface area contributed by atoms with Gasteiger partial charge in [-0.05, 0) is 6.42 Å². The first-order valence-electron chi connectivity index (χ1n) is 4.59. The zero-order valence-corrected chi connectivity index (χ0v) is 7.81. The fourth-order valence-electron chi connectivity index (χ4n) is 1.03. The van der Waals surface area contributed by atoms with E-state index < -0.39 is 0 Å². The van der Waals surface area contributed by atoms with Gasteiger partial charge in [0.25, 0.3) is 0 Å². The molecule has 0 aliphatic rings. The summed E-state index contributed by atoms with van der Waals surface area (Å²) in [5.41, 5.74) is 0. The van der Waals surface area contributed by atoms with E-state index in [1.54, 1.807) is 0 Å². The molecule has 0 heterocycles. The molecule has 0 unspecified atom stereocenters. The number of hydrogen-bond donors (Lipinski definition) is 1. The molecule has 0 aromatic heterocycles. The molecular weight excluding hydrogens is 152 g/mol.